The third-order valence-corrected chi connectivity index (χ3v) is 6.03. The first-order chi connectivity index (χ1) is 16.6. The fourth-order valence-electron chi connectivity index (χ4n) is 4.24. The fraction of sp³-hybridized carbons (Fsp3) is 0.500. The maximum atomic E-state index is 15.0. The minimum atomic E-state index is -0.691. The molecule has 2 aromatic rings. The van der Waals surface area contributed by atoms with Crippen LogP contribution >= 0.6 is 0 Å². The zero-order valence-corrected chi connectivity index (χ0v) is 20.6. The number of halogens is 1. The van der Waals surface area contributed by atoms with Crippen molar-refractivity contribution in [3.63, 3.8) is 0 Å². The van der Waals surface area contributed by atoms with Crippen LogP contribution in [-0.4, -0.2) is 78.3 Å². The van der Waals surface area contributed by atoms with Gasteiger partial charge in [-0.15, -0.1) is 0 Å². The molecule has 188 valence electrons. The van der Waals surface area contributed by atoms with Gasteiger partial charge < -0.3 is 29.9 Å². The first-order valence-corrected chi connectivity index (χ1v) is 11.7. The number of morpholine rings is 1. The zero-order chi connectivity index (χ0) is 25.3. The van der Waals surface area contributed by atoms with Crippen LogP contribution in [-0.2, 0) is 4.74 Å². The highest BCUT2D eigenvalue weighted by atomic mass is 19.1. The lowest BCUT2D eigenvalue weighted by atomic mass is 10.0. The van der Waals surface area contributed by atoms with Crippen molar-refractivity contribution in [1.29, 1.82) is 0 Å². The molecule has 35 heavy (non-hydrogen) atoms. The maximum absolute atomic E-state index is 15.0. The monoisotopic (exact) mass is 486 g/mol. The third kappa shape index (κ3) is 5.00. The Bertz CT molecular complexity index is 1140. The van der Waals surface area contributed by atoms with Crippen LogP contribution < -0.4 is 20.3 Å². The van der Waals surface area contributed by atoms with Crippen molar-refractivity contribution in [2.75, 3.05) is 50.1 Å². The van der Waals surface area contributed by atoms with Crippen LogP contribution in [0.25, 0.3) is 11.3 Å². The standard InChI is InChI=1S/C24H31FN6O4/c1-6-30-13-24(3,4)35-20-18(21(30)32)19(28-22(29-20)31-9-10-34-12-14(31)2)15-7-8-17(16(25)11-15)27-23(33)26-5/h7-8,11,14H,6,9-10,12-13H2,1-5H3,(H2,26,27,33). The Balaban J connectivity index is 1.90. The van der Waals surface area contributed by atoms with Gasteiger partial charge in [0.25, 0.3) is 5.91 Å². The fourth-order valence-corrected chi connectivity index (χ4v) is 4.24. The number of hydrogen-bond acceptors (Lipinski definition) is 7. The average molecular weight is 487 g/mol. The molecule has 0 bridgehead atoms. The second-order valence-electron chi connectivity index (χ2n) is 9.25. The molecule has 2 aliphatic heterocycles. The highest BCUT2D eigenvalue weighted by molar-refractivity contribution is 6.03. The highest BCUT2D eigenvalue weighted by Gasteiger charge is 2.38. The summed E-state index contributed by atoms with van der Waals surface area (Å²) in [5, 5.41) is 4.82. The number of likely N-dealkylation sites (N-methyl/N-ethyl adjacent to an activating group) is 1. The van der Waals surface area contributed by atoms with Gasteiger partial charge in [0.1, 0.15) is 17.0 Å². The Morgan fingerprint density at radius 3 is 2.74 bits per heavy atom. The largest absolute Gasteiger partial charge is 0.469 e. The Hall–Kier alpha value is -3.47. The molecule has 0 spiro atoms. The molecule has 1 saturated heterocycles. The topological polar surface area (TPSA) is 109 Å². The molecule has 2 aliphatic rings. The summed E-state index contributed by atoms with van der Waals surface area (Å²) in [4.78, 5) is 38.4. The number of urea groups is 1. The summed E-state index contributed by atoms with van der Waals surface area (Å²) < 4.78 is 26.8. The van der Waals surface area contributed by atoms with Gasteiger partial charge >= 0.3 is 6.03 Å². The van der Waals surface area contributed by atoms with E-state index in [4.69, 9.17) is 14.5 Å². The summed E-state index contributed by atoms with van der Waals surface area (Å²) >= 11 is 0. The van der Waals surface area contributed by atoms with Gasteiger partial charge in [0.2, 0.25) is 11.8 Å². The lowest BCUT2D eigenvalue weighted by Gasteiger charge is -2.34. The second-order valence-corrected chi connectivity index (χ2v) is 9.25. The molecule has 11 heteroatoms. The molecule has 3 amide bonds. The van der Waals surface area contributed by atoms with Crippen LogP contribution in [0.3, 0.4) is 0 Å². The molecular weight excluding hydrogens is 455 g/mol. The summed E-state index contributed by atoms with van der Waals surface area (Å²) in [5.74, 6) is -0.384. The van der Waals surface area contributed by atoms with Gasteiger partial charge in [-0.2, -0.15) is 4.98 Å². The van der Waals surface area contributed by atoms with E-state index in [-0.39, 0.29) is 34.8 Å². The van der Waals surface area contributed by atoms with E-state index in [1.54, 1.807) is 11.0 Å². The Morgan fingerprint density at radius 1 is 1.31 bits per heavy atom. The van der Waals surface area contributed by atoms with Crippen molar-refractivity contribution in [3.8, 4) is 17.1 Å². The van der Waals surface area contributed by atoms with E-state index in [9.17, 15) is 14.0 Å². The molecule has 1 unspecified atom stereocenters. The minimum Gasteiger partial charge on any atom is -0.469 e. The molecule has 3 heterocycles. The number of rotatable bonds is 4. The van der Waals surface area contributed by atoms with Gasteiger partial charge in [-0.05, 0) is 39.8 Å². The van der Waals surface area contributed by atoms with Crippen molar-refractivity contribution in [2.45, 2.75) is 39.3 Å². The lowest BCUT2D eigenvalue weighted by Crippen LogP contribution is -2.44. The number of nitrogens with zero attached hydrogens (tertiary/aromatic N) is 4. The van der Waals surface area contributed by atoms with Crippen LogP contribution in [0.1, 0.15) is 38.1 Å². The van der Waals surface area contributed by atoms with E-state index in [0.29, 0.717) is 44.4 Å². The first kappa shape index (κ1) is 24.6. The molecule has 0 saturated carbocycles. The first-order valence-electron chi connectivity index (χ1n) is 11.7. The molecule has 1 fully saturated rings. The molecule has 4 rings (SSSR count). The number of nitrogens with one attached hydrogen (secondary N) is 2. The summed E-state index contributed by atoms with van der Waals surface area (Å²) in [6.45, 7) is 10.1. The number of benzene rings is 1. The number of anilines is 2. The van der Waals surface area contributed by atoms with Gasteiger partial charge in [0.15, 0.2) is 0 Å². The highest BCUT2D eigenvalue weighted by Crippen LogP contribution is 2.37. The number of ether oxygens (including phenoxy) is 2. The average Bonchev–Trinajstić information content (AvgIpc) is 2.92. The molecule has 1 aromatic heterocycles. The molecule has 1 aromatic carbocycles. The number of hydrogen-bond donors (Lipinski definition) is 2. The predicted octanol–water partition coefficient (Wildman–Crippen LogP) is 2.89. The Labute approximate surface area is 203 Å². The smallest absolute Gasteiger partial charge is 0.319 e. The van der Waals surface area contributed by atoms with Crippen LogP contribution in [0.15, 0.2) is 18.2 Å². The number of amides is 3. The van der Waals surface area contributed by atoms with Crippen LogP contribution in [0.4, 0.5) is 20.8 Å². The molecular formula is C24H31FN6O4. The molecule has 2 N–H and O–H groups in total. The van der Waals surface area contributed by atoms with Gasteiger partial charge in [0.05, 0.1) is 37.2 Å². The molecule has 1 atom stereocenters. The van der Waals surface area contributed by atoms with Crippen molar-refractivity contribution < 1.29 is 23.5 Å². The maximum Gasteiger partial charge on any atom is 0.319 e. The van der Waals surface area contributed by atoms with E-state index in [2.05, 4.69) is 15.6 Å². The lowest BCUT2D eigenvalue weighted by molar-refractivity contribution is 0.0541. The van der Waals surface area contributed by atoms with E-state index in [1.807, 2.05) is 32.6 Å². The van der Waals surface area contributed by atoms with Crippen LogP contribution in [0.2, 0.25) is 0 Å². The second kappa shape index (κ2) is 9.65. The summed E-state index contributed by atoms with van der Waals surface area (Å²) in [6, 6.07) is 3.77. The van der Waals surface area contributed by atoms with Gasteiger partial charge in [-0.1, -0.05) is 6.07 Å². The normalized spacial score (nSPS) is 19.5. The Kier molecular flexibility index (Phi) is 6.79. The van der Waals surface area contributed by atoms with Crippen molar-refractivity contribution in [3.05, 3.63) is 29.6 Å². The van der Waals surface area contributed by atoms with E-state index < -0.39 is 17.4 Å². The summed E-state index contributed by atoms with van der Waals surface area (Å²) in [5.41, 5.74) is 0.152. The summed E-state index contributed by atoms with van der Waals surface area (Å²) in [7, 11) is 1.44. The number of aromatic nitrogens is 2. The van der Waals surface area contributed by atoms with Crippen molar-refractivity contribution in [1.82, 2.24) is 20.2 Å². The zero-order valence-electron chi connectivity index (χ0n) is 20.6. The van der Waals surface area contributed by atoms with E-state index in [0.717, 1.165) is 0 Å². The van der Waals surface area contributed by atoms with Gasteiger partial charge in [-0.3, -0.25) is 4.79 Å². The number of carbonyl (C=O) groups excluding carboxylic acids is 2. The van der Waals surface area contributed by atoms with Gasteiger partial charge in [-0.25, -0.2) is 14.2 Å². The third-order valence-electron chi connectivity index (χ3n) is 6.03. The van der Waals surface area contributed by atoms with Crippen molar-refractivity contribution in [2.24, 2.45) is 0 Å². The Morgan fingerprint density at radius 2 is 2.09 bits per heavy atom. The number of carbonyl (C=O) groups is 2. The molecule has 0 radical (unpaired) electrons. The summed E-state index contributed by atoms with van der Waals surface area (Å²) in [6.07, 6.45) is 0. The van der Waals surface area contributed by atoms with Crippen molar-refractivity contribution >= 4 is 23.6 Å². The number of fused-ring (bicyclic) bond motifs is 1. The predicted molar refractivity (Wildman–Crippen MR) is 129 cm³/mol. The minimum absolute atomic E-state index is 0.00662. The van der Waals surface area contributed by atoms with E-state index >= 15 is 0 Å². The van der Waals surface area contributed by atoms with Gasteiger partial charge in [0, 0.05) is 25.7 Å². The SMILES string of the molecule is CCN1CC(C)(C)Oc2nc(N3CCOCC3C)nc(-c3ccc(NC(=O)NC)c(F)c3)c2C1=O. The van der Waals surface area contributed by atoms with E-state index in [1.165, 1.54) is 19.2 Å². The van der Waals surface area contributed by atoms with Crippen LogP contribution in [0, 0.1) is 5.82 Å². The quantitative estimate of drug-likeness (QED) is 0.684. The van der Waals surface area contributed by atoms with Crippen LogP contribution in [0.5, 0.6) is 5.88 Å². The molecule has 0 aliphatic carbocycles. The molecule has 10 nitrogen and oxygen atoms in total.